The predicted octanol–water partition coefficient (Wildman–Crippen LogP) is 0.883. The minimum absolute atomic E-state index is 0.425. The van der Waals surface area contributed by atoms with E-state index < -0.39 is 37.3 Å². The Hall–Kier alpha value is -1.39. The highest BCUT2D eigenvalue weighted by molar-refractivity contribution is 8.13. The van der Waals surface area contributed by atoms with E-state index in [1.165, 1.54) is 0 Å². The SMILES string of the molecule is CC(O)n1cc[n+](C)c1.O=S(=O)([N-]S(=O)(=O)C(F)(F)F)C(F)(F)F. The molecule has 0 fully saturated rings. The van der Waals surface area contributed by atoms with Crippen molar-refractivity contribution >= 4 is 20.0 Å². The molecule has 142 valence electrons. The third-order valence-corrected chi connectivity index (χ3v) is 4.74. The lowest BCUT2D eigenvalue weighted by Gasteiger charge is -2.22. The fourth-order valence-corrected chi connectivity index (χ4v) is 2.61. The maximum Gasteiger partial charge on any atom is 0.480 e. The number of hydrogen-bond donors (Lipinski definition) is 1. The van der Waals surface area contributed by atoms with Crippen LogP contribution in [0.3, 0.4) is 0 Å². The van der Waals surface area contributed by atoms with E-state index >= 15 is 0 Å². The van der Waals surface area contributed by atoms with Crippen LogP contribution >= 0.6 is 0 Å². The minimum Gasteiger partial charge on any atom is -0.421 e. The fourth-order valence-electron chi connectivity index (χ4n) is 0.904. The molecular weight excluding hydrogens is 396 g/mol. The number of imidazole rings is 1. The Balaban J connectivity index is 0.000000496. The summed E-state index contributed by atoms with van der Waals surface area (Å²) in [6.07, 6.45) is 5.10. The normalized spacial score (nSPS) is 14.7. The Bertz CT molecular complexity index is 708. The van der Waals surface area contributed by atoms with Crippen LogP contribution in [0.25, 0.3) is 4.13 Å². The lowest BCUT2D eigenvalue weighted by atomic mass is 10.6. The first-order chi connectivity index (χ1) is 10.4. The van der Waals surface area contributed by atoms with Gasteiger partial charge in [0, 0.05) is 6.92 Å². The van der Waals surface area contributed by atoms with Crippen LogP contribution < -0.4 is 4.57 Å². The van der Waals surface area contributed by atoms with Crippen LogP contribution in [0.2, 0.25) is 0 Å². The molecule has 1 aromatic rings. The molecule has 0 bridgehead atoms. The molecule has 1 rings (SSSR count). The van der Waals surface area contributed by atoms with Gasteiger partial charge >= 0.3 is 11.0 Å². The molecule has 8 nitrogen and oxygen atoms in total. The highest BCUT2D eigenvalue weighted by atomic mass is 32.3. The van der Waals surface area contributed by atoms with Crippen molar-refractivity contribution in [1.29, 1.82) is 0 Å². The van der Waals surface area contributed by atoms with Crippen LogP contribution in [0.15, 0.2) is 18.7 Å². The van der Waals surface area contributed by atoms with Crippen LogP contribution in [0, 0.1) is 0 Å². The van der Waals surface area contributed by atoms with Crippen molar-refractivity contribution in [2.75, 3.05) is 0 Å². The monoisotopic (exact) mass is 407 g/mol. The van der Waals surface area contributed by atoms with Gasteiger partial charge in [-0.25, -0.2) is 26.0 Å². The number of aryl methyl sites for hydroxylation is 1. The van der Waals surface area contributed by atoms with E-state index in [1.807, 2.05) is 30.3 Å². The van der Waals surface area contributed by atoms with E-state index in [0.717, 1.165) is 4.13 Å². The van der Waals surface area contributed by atoms with E-state index in [2.05, 4.69) is 0 Å². The molecule has 24 heavy (non-hydrogen) atoms. The van der Waals surface area contributed by atoms with E-state index in [-0.39, 0.29) is 0 Å². The van der Waals surface area contributed by atoms with Crippen LogP contribution in [0.1, 0.15) is 13.2 Å². The summed E-state index contributed by atoms with van der Waals surface area (Å²) in [5, 5.41) is 8.99. The first kappa shape index (κ1) is 22.6. The standard InChI is InChI=1S/C6H11N2O.C2F6NO4S2/c1-6(9)8-4-3-7(2)5-8;3-1(4,5)14(10,11)9-15(12,13)2(6,7)8/h3-6,9H,1-2H3;/q+1;-1. The molecule has 0 spiro atoms. The maximum absolute atomic E-state index is 11.4. The van der Waals surface area contributed by atoms with Gasteiger partial charge < -0.3 is 9.23 Å². The molecule has 0 aromatic carbocycles. The number of aliphatic hydroxyl groups excluding tert-OH is 1. The Morgan fingerprint density at radius 3 is 1.58 bits per heavy atom. The Labute approximate surface area is 132 Å². The number of rotatable bonds is 3. The molecule has 0 saturated heterocycles. The largest absolute Gasteiger partial charge is 0.480 e. The molecule has 1 heterocycles. The Morgan fingerprint density at radius 2 is 1.42 bits per heavy atom. The van der Waals surface area contributed by atoms with E-state index in [4.69, 9.17) is 5.11 Å². The summed E-state index contributed by atoms with van der Waals surface area (Å²) in [7, 11) is -11.5. The zero-order valence-corrected chi connectivity index (χ0v) is 13.4. The molecule has 1 aromatic heterocycles. The zero-order valence-electron chi connectivity index (χ0n) is 11.8. The van der Waals surface area contributed by atoms with Gasteiger partial charge in [0.2, 0.25) is 6.33 Å². The molecule has 0 aliphatic carbocycles. The summed E-state index contributed by atoms with van der Waals surface area (Å²) in [5.74, 6) is 0. The first-order valence-electron chi connectivity index (χ1n) is 5.48. The number of hydrogen-bond acceptors (Lipinski definition) is 5. The molecule has 0 aliphatic heterocycles. The number of alkyl halides is 6. The van der Waals surface area contributed by atoms with Crippen LogP contribution in [0.4, 0.5) is 26.3 Å². The molecule has 0 radical (unpaired) electrons. The summed E-state index contributed by atoms with van der Waals surface area (Å²) in [6.45, 7) is 1.72. The summed E-state index contributed by atoms with van der Waals surface area (Å²) < 4.78 is 113. The van der Waals surface area contributed by atoms with Gasteiger partial charge in [0.25, 0.3) is 0 Å². The van der Waals surface area contributed by atoms with Crippen molar-refractivity contribution in [2.24, 2.45) is 7.05 Å². The van der Waals surface area contributed by atoms with Crippen molar-refractivity contribution in [3.05, 3.63) is 22.8 Å². The third-order valence-electron chi connectivity index (χ3n) is 2.00. The lowest BCUT2D eigenvalue weighted by Crippen LogP contribution is -2.30. The lowest BCUT2D eigenvalue weighted by molar-refractivity contribution is -0.671. The van der Waals surface area contributed by atoms with Crippen molar-refractivity contribution in [3.8, 4) is 0 Å². The highest BCUT2D eigenvalue weighted by Gasteiger charge is 2.46. The first-order valence-corrected chi connectivity index (χ1v) is 8.36. The van der Waals surface area contributed by atoms with Gasteiger partial charge in [-0.15, -0.1) is 0 Å². The molecule has 1 atom stereocenters. The third kappa shape index (κ3) is 6.25. The van der Waals surface area contributed by atoms with Crippen LogP contribution in [-0.2, 0) is 27.1 Å². The number of aliphatic hydroxyl groups is 1. The topological polar surface area (TPSA) is 111 Å². The van der Waals surface area contributed by atoms with E-state index in [9.17, 15) is 43.2 Å². The minimum atomic E-state index is -6.72. The van der Waals surface area contributed by atoms with Crippen molar-refractivity contribution in [2.45, 2.75) is 24.2 Å². The van der Waals surface area contributed by atoms with Gasteiger partial charge in [-0.2, -0.15) is 26.3 Å². The van der Waals surface area contributed by atoms with Crippen LogP contribution in [-0.4, -0.2) is 37.5 Å². The van der Waals surface area contributed by atoms with Gasteiger partial charge in [-0.1, -0.05) is 0 Å². The van der Waals surface area contributed by atoms with Gasteiger partial charge in [0.05, 0.1) is 7.05 Å². The summed E-state index contributed by atoms with van der Waals surface area (Å²) >= 11 is 0. The van der Waals surface area contributed by atoms with E-state index in [1.54, 1.807) is 11.5 Å². The smallest absolute Gasteiger partial charge is 0.421 e. The van der Waals surface area contributed by atoms with Crippen molar-refractivity contribution in [3.63, 3.8) is 0 Å². The summed E-state index contributed by atoms with van der Waals surface area (Å²) in [5.41, 5.74) is -12.4. The fraction of sp³-hybridized carbons (Fsp3) is 0.625. The van der Waals surface area contributed by atoms with Gasteiger partial charge in [-0.3, -0.25) is 0 Å². The van der Waals surface area contributed by atoms with Crippen molar-refractivity contribution in [1.82, 2.24) is 4.57 Å². The molecular formula is C8H11F6N3O5S2. The number of aromatic nitrogens is 2. The average molecular weight is 407 g/mol. The molecule has 16 heteroatoms. The van der Waals surface area contributed by atoms with Gasteiger partial charge in [0.1, 0.15) is 12.4 Å². The average Bonchev–Trinajstić information content (AvgIpc) is 2.72. The highest BCUT2D eigenvalue weighted by Crippen LogP contribution is 2.36. The second-order valence-corrected chi connectivity index (χ2v) is 7.50. The summed E-state index contributed by atoms with van der Waals surface area (Å²) in [6, 6.07) is 0. The van der Waals surface area contributed by atoms with E-state index in [0.29, 0.717) is 0 Å². The second-order valence-electron chi connectivity index (χ2n) is 4.07. The molecule has 0 amide bonds. The Kier molecular flexibility index (Phi) is 6.82. The Morgan fingerprint density at radius 1 is 1.04 bits per heavy atom. The predicted molar refractivity (Wildman–Crippen MR) is 65.8 cm³/mol. The van der Waals surface area contributed by atoms with Crippen LogP contribution in [0.5, 0.6) is 0 Å². The quantitative estimate of drug-likeness (QED) is 0.591. The maximum atomic E-state index is 11.4. The molecule has 1 N–H and O–H groups in total. The van der Waals surface area contributed by atoms with Gasteiger partial charge in [-0.05, 0) is 0 Å². The molecule has 0 saturated carbocycles. The number of sulfonamides is 2. The molecule has 1 unspecified atom stereocenters. The number of halogens is 6. The number of nitrogens with zero attached hydrogens (tertiary/aromatic N) is 3. The summed E-state index contributed by atoms with van der Waals surface area (Å²) in [4.78, 5) is 0. The zero-order chi connectivity index (χ0) is 19.6. The second kappa shape index (κ2) is 7.24. The van der Waals surface area contributed by atoms with Gasteiger partial charge in [0.15, 0.2) is 26.3 Å². The molecule has 0 aliphatic rings. The van der Waals surface area contributed by atoms with Crippen molar-refractivity contribution < 1.29 is 52.9 Å².